The molecule has 0 saturated heterocycles. The summed E-state index contributed by atoms with van der Waals surface area (Å²) in [4.78, 5) is 10.4. The van der Waals surface area contributed by atoms with Gasteiger partial charge in [0.25, 0.3) is 0 Å². The van der Waals surface area contributed by atoms with Crippen LogP contribution < -0.4 is 4.74 Å². The van der Waals surface area contributed by atoms with Crippen LogP contribution in [0, 0.1) is 0 Å². The summed E-state index contributed by atoms with van der Waals surface area (Å²) >= 11 is 0. The lowest BCUT2D eigenvalue weighted by molar-refractivity contribution is -0.469. The van der Waals surface area contributed by atoms with E-state index < -0.39 is 65.9 Å². The van der Waals surface area contributed by atoms with Gasteiger partial charge >= 0.3 is 53.6 Å². The van der Waals surface area contributed by atoms with Gasteiger partial charge in [-0.05, 0) is 24.3 Å². The van der Waals surface area contributed by atoms with Crippen molar-refractivity contribution in [2.24, 2.45) is 0 Å². The Morgan fingerprint density at radius 3 is 1.13 bits per heavy atom. The molecule has 2 nitrogen and oxygen atoms in total. The van der Waals surface area contributed by atoms with Crippen LogP contribution in [0.1, 0.15) is 10.4 Å². The second-order valence-electron chi connectivity index (χ2n) is 7.20. The first-order chi connectivity index (χ1) is 16.5. The van der Waals surface area contributed by atoms with E-state index >= 15 is 0 Å². The van der Waals surface area contributed by atoms with Crippen LogP contribution in [0.25, 0.3) is 0 Å². The van der Waals surface area contributed by atoms with Crippen molar-refractivity contribution in [3.8, 4) is 5.75 Å². The number of halogens is 19. The van der Waals surface area contributed by atoms with Crippen LogP contribution in [0.2, 0.25) is 0 Å². The topological polar surface area (TPSA) is 26.3 Å². The maximum absolute atomic E-state index is 13.7. The second-order valence-corrected chi connectivity index (χ2v) is 7.20. The van der Waals surface area contributed by atoms with Crippen molar-refractivity contribution in [1.29, 1.82) is 0 Å². The first-order valence-electron chi connectivity index (χ1n) is 8.78. The highest BCUT2D eigenvalue weighted by Crippen LogP contribution is 2.65. The number of ether oxygens (including phenoxy) is 1. The minimum atomic E-state index is -8.97. The SMILES string of the molecule is O=Cc1ccc(OCC(F)(F)C(F)(F)C(F)(F)C(F)(F)C(F)(F)C(F)(F)C(F)(F)C(F)(F)C(F)(F)F)cc1. The van der Waals surface area contributed by atoms with Crippen LogP contribution >= 0.6 is 0 Å². The standard InChI is InChI=1S/C17H7F19O2/c18-9(19,6-38-8-3-1-7(5-37)2-4-8)10(20,21)11(22,23)12(24,25)13(26,27)14(28,29)15(30,31)16(32,33)17(34,35)36/h1-5H,6H2. The van der Waals surface area contributed by atoms with Gasteiger partial charge in [-0.3, -0.25) is 4.79 Å². The van der Waals surface area contributed by atoms with Crippen molar-refractivity contribution in [1.82, 2.24) is 0 Å². The summed E-state index contributed by atoms with van der Waals surface area (Å²) in [6, 6.07) is 2.48. The molecule has 0 atom stereocenters. The van der Waals surface area contributed by atoms with Gasteiger partial charge in [0, 0.05) is 5.56 Å². The number of benzene rings is 1. The molecule has 0 saturated carbocycles. The number of carbonyl (C=O) groups is 1. The first-order valence-corrected chi connectivity index (χ1v) is 8.78. The highest BCUT2D eigenvalue weighted by molar-refractivity contribution is 5.74. The maximum Gasteiger partial charge on any atom is 0.460 e. The minimum absolute atomic E-state index is 0.124. The zero-order valence-corrected chi connectivity index (χ0v) is 17.1. The summed E-state index contributed by atoms with van der Waals surface area (Å²) in [7, 11) is 0. The molecule has 0 aliphatic carbocycles. The molecule has 38 heavy (non-hydrogen) atoms. The molecular formula is C17H7F19O2. The summed E-state index contributed by atoms with van der Waals surface area (Å²) in [5.74, 6) is -68.1. The normalized spacial score (nSPS) is 15.4. The molecule has 0 aliphatic heterocycles. The van der Waals surface area contributed by atoms with Gasteiger partial charge in [0.15, 0.2) is 6.61 Å². The molecule has 21 heteroatoms. The lowest BCUT2D eigenvalue weighted by Gasteiger charge is -2.43. The average molecular weight is 604 g/mol. The molecule has 0 fully saturated rings. The van der Waals surface area contributed by atoms with Crippen molar-refractivity contribution in [2.75, 3.05) is 6.61 Å². The zero-order valence-electron chi connectivity index (χ0n) is 17.1. The number of aldehydes is 1. The van der Waals surface area contributed by atoms with Gasteiger partial charge < -0.3 is 4.74 Å². The quantitative estimate of drug-likeness (QED) is 0.193. The van der Waals surface area contributed by atoms with E-state index in [9.17, 15) is 88.2 Å². The summed E-state index contributed by atoms with van der Waals surface area (Å²) in [6.45, 7) is -3.14. The molecule has 0 aromatic heterocycles. The van der Waals surface area contributed by atoms with Gasteiger partial charge in [-0.25, -0.2) is 0 Å². The minimum Gasteiger partial charge on any atom is -0.487 e. The Labute approximate surface area is 196 Å². The Hall–Kier alpha value is -2.64. The predicted octanol–water partition coefficient (Wildman–Crippen LogP) is 7.52. The fraction of sp³-hybridized carbons (Fsp3) is 0.588. The van der Waals surface area contributed by atoms with Crippen LogP contribution in [-0.4, -0.2) is 66.4 Å². The molecule has 0 unspecified atom stereocenters. The molecule has 1 aromatic carbocycles. The Morgan fingerprint density at radius 1 is 0.500 bits per heavy atom. The van der Waals surface area contributed by atoms with E-state index in [-0.39, 0.29) is 11.8 Å². The van der Waals surface area contributed by atoms with Crippen molar-refractivity contribution < 1.29 is 92.9 Å². The molecule has 0 amide bonds. The largest absolute Gasteiger partial charge is 0.487 e. The zero-order chi connectivity index (χ0) is 30.6. The Kier molecular flexibility index (Phi) is 8.11. The molecule has 220 valence electrons. The highest BCUT2D eigenvalue weighted by Gasteiger charge is 2.96. The number of hydrogen-bond acceptors (Lipinski definition) is 2. The molecule has 0 radical (unpaired) electrons. The number of alkyl halides is 19. The van der Waals surface area contributed by atoms with Crippen LogP contribution in [-0.2, 0) is 0 Å². The molecule has 0 N–H and O–H groups in total. The molecule has 0 aliphatic rings. The third kappa shape index (κ3) is 4.58. The lowest BCUT2D eigenvalue weighted by Crippen LogP contribution is -2.76. The van der Waals surface area contributed by atoms with E-state index in [0.717, 1.165) is 12.1 Å². The van der Waals surface area contributed by atoms with E-state index in [1.165, 1.54) is 0 Å². The molecular weight excluding hydrogens is 597 g/mol. The monoisotopic (exact) mass is 604 g/mol. The molecule has 0 spiro atoms. The molecule has 1 aromatic rings. The first kappa shape index (κ1) is 33.4. The third-order valence-electron chi connectivity index (χ3n) is 4.62. The van der Waals surface area contributed by atoms with Gasteiger partial charge in [0.2, 0.25) is 0 Å². The van der Waals surface area contributed by atoms with Gasteiger partial charge in [-0.2, -0.15) is 83.4 Å². The van der Waals surface area contributed by atoms with Crippen molar-refractivity contribution >= 4 is 6.29 Å². The summed E-state index contributed by atoms with van der Waals surface area (Å²) < 4.78 is 255. The molecule has 0 heterocycles. The maximum atomic E-state index is 13.7. The van der Waals surface area contributed by atoms with Crippen LogP contribution in [0.4, 0.5) is 83.4 Å². The second kappa shape index (κ2) is 9.23. The van der Waals surface area contributed by atoms with E-state index in [4.69, 9.17) is 0 Å². The van der Waals surface area contributed by atoms with Crippen molar-refractivity contribution in [3.63, 3.8) is 0 Å². The van der Waals surface area contributed by atoms with Crippen LogP contribution in [0.5, 0.6) is 5.75 Å². The Balaban J connectivity index is 3.52. The van der Waals surface area contributed by atoms with Gasteiger partial charge in [0.05, 0.1) is 0 Å². The Bertz CT molecular complexity index is 994. The smallest absolute Gasteiger partial charge is 0.460 e. The fourth-order valence-corrected chi connectivity index (χ4v) is 2.30. The average Bonchev–Trinajstić information content (AvgIpc) is 2.76. The summed E-state index contributed by atoms with van der Waals surface area (Å²) in [5, 5.41) is 0. The van der Waals surface area contributed by atoms with E-state index in [1.54, 1.807) is 0 Å². The fourth-order valence-electron chi connectivity index (χ4n) is 2.30. The highest BCUT2D eigenvalue weighted by atomic mass is 19.4. The van der Waals surface area contributed by atoms with E-state index in [2.05, 4.69) is 4.74 Å². The van der Waals surface area contributed by atoms with Gasteiger partial charge in [0.1, 0.15) is 12.0 Å². The third-order valence-corrected chi connectivity index (χ3v) is 4.62. The number of rotatable bonds is 11. The van der Waals surface area contributed by atoms with Gasteiger partial charge in [-0.1, -0.05) is 0 Å². The van der Waals surface area contributed by atoms with Crippen molar-refractivity contribution in [2.45, 2.75) is 53.6 Å². The number of carbonyl (C=O) groups excluding carboxylic acids is 1. The summed E-state index contributed by atoms with van der Waals surface area (Å²) in [5.41, 5.74) is -0.225. The molecule has 0 bridgehead atoms. The summed E-state index contributed by atoms with van der Waals surface area (Å²) in [6.07, 6.45) is -7.80. The van der Waals surface area contributed by atoms with Crippen LogP contribution in [0.3, 0.4) is 0 Å². The van der Waals surface area contributed by atoms with Crippen molar-refractivity contribution in [3.05, 3.63) is 29.8 Å². The number of hydrogen-bond donors (Lipinski definition) is 0. The van der Waals surface area contributed by atoms with E-state index in [1.807, 2.05) is 0 Å². The van der Waals surface area contributed by atoms with Gasteiger partial charge in [-0.15, -0.1) is 0 Å². The Morgan fingerprint density at radius 2 is 0.816 bits per heavy atom. The van der Waals surface area contributed by atoms with Crippen LogP contribution in [0.15, 0.2) is 24.3 Å². The predicted molar refractivity (Wildman–Crippen MR) is 83.0 cm³/mol. The molecule has 1 rings (SSSR count). The van der Waals surface area contributed by atoms with E-state index in [0.29, 0.717) is 12.1 Å². The lowest BCUT2D eigenvalue weighted by atomic mass is 9.87.